The van der Waals surface area contributed by atoms with E-state index in [1.165, 1.54) is 24.8 Å². The lowest BCUT2D eigenvalue weighted by Crippen LogP contribution is -2.54. The quantitative estimate of drug-likeness (QED) is 0.893. The standard InChI is InChI=1S/C20H26N2O2/c23-18-9-8-17(13-21-18)22-19(24)20(11-14-4-2-1-3-5-14)12-15-6-7-16(20)10-15/h1-5,15-17H,6-13H2,(H,21,23)(H,22,24)/t15-,16+,17+,20-/m0/s1. The highest BCUT2D eigenvalue weighted by Gasteiger charge is 2.55. The molecular weight excluding hydrogens is 300 g/mol. The van der Waals surface area contributed by atoms with E-state index in [9.17, 15) is 9.59 Å². The fourth-order valence-corrected chi connectivity index (χ4v) is 5.16. The highest BCUT2D eigenvalue weighted by Crippen LogP contribution is 2.57. The first-order valence-electron chi connectivity index (χ1n) is 9.27. The average Bonchev–Trinajstić information content (AvgIpc) is 3.19. The summed E-state index contributed by atoms with van der Waals surface area (Å²) in [5.41, 5.74) is 1.02. The summed E-state index contributed by atoms with van der Waals surface area (Å²) in [5, 5.41) is 6.14. The molecule has 24 heavy (non-hydrogen) atoms. The van der Waals surface area contributed by atoms with Crippen molar-refractivity contribution in [1.29, 1.82) is 0 Å². The Labute approximate surface area is 143 Å². The molecular formula is C20H26N2O2. The van der Waals surface area contributed by atoms with Crippen LogP contribution in [0.5, 0.6) is 0 Å². The van der Waals surface area contributed by atoms with Crippen LogP contribution in [0.25, 0.3) is 0 Å². The van der Waals surface area contributed by atoms with Crippen LogP contribution in [0.15, 0.2) is 30.3 Å². The molecule has 0 unspecified atom stereocenters. The first kappa shape index (κ1) is 15.7. The van der Waals surface area contributed by atoms with Crippen molar-refractivity contribution < 1.29 is 9.59 Å². The SMILES string of the molecule is O=C1CC[C@@H](NC(=O)[C@@]2(Cc3ccccc3)C[C@H]3CC[C@@H]2C3)CN1. The molecule has 4 rings (SSSR count). The average molecular weight is 326 g/mol. The van der Waals surface area contributed by atoms with Crippen molar-refractivity contribution in [2.45, 2.75) is 51.0 Å². The number of carbonyl (C=O) groups excluding carboxylic acids is 2. The minimum Gasteiger partial charge on any atom is -0.354 e. The molecule has 4 nitrogen and oxygen atoms in total. The molecule has 4 atom stereocenters. The minimum atomic E-state index is -0.244. The second-order valence-corrected chi connectivity index (χ2v) is 7.91. The highest BCUT2D eigenvalue weighted by atomic mass is 16.2. The summed E-state index contributed by atoms with van der Waals surface area (Å²) in [7, 11) is 0. The van der Waals surface area contributed by atoms with Gasteiger partial charge in [-0.1, -0.05) is 36.8 Å². The van der Waals surface area contributed by atoms with Crippen molar-refractivity contribution in [2.24, 2.45) is 17.3 Å². The molecule has 1 heterocycles. The number of benzene rings is 1. The first-order chi connectivity index (χ1) is 11.7. The zero-order chi connectivity index (χ0) is 16.6. The maximum Gasteiger partial charge on any atom is 0.227 e. The third-order valence-corrected chi connectivity index (χ3v) is 6.39. The Morgan fingerprint density at radius 2 is 2.04 bits per heavy atom. The van der Waals surface area contributed by atoms with E-state index < -0.39 is 0 Å². The molecule has 2 bridgehead atoms. The molecule has 4 heteroatoms. The molecule has 3 aliphatic rings. The minimum absolute atomic E-state index is 0.0852. The van der Waals surface area contributed by atoms with E-state index >= 15 is 0 Å². The van der Waals surface area contributed by atoms with Gasteiger partial charge < -0.3 is 10.6 Å². The van der Waals surface area contributed by atoms with Crippen LogP contribution < -0.4 is 10.6 Å². The van der Waals surface area contributed by atoms with Crippen molar-refractivity contribution in [1.82, 2.24) is 10.6 Å². The lowest BCUT2D eigenvalue weighted by atomic mass is 9.68. The van der Waals surface area contributed by atoms with E-state index in [0.717, 1.165) is 25.2 Å². The van der Waals surface area contributed by atoms with E-state index in [-0.39, 0.29) is 23.3 Å². The van der Waals surface area contributed by atoms with Crippen molar-refractivity contribution in [3.63, 3.8) is 0 Å². The molecule has 0 aromatic heterocycles. The van der Waals surface area contributed by atoms with Crippen molar-refractivity contribution >= 4 is 11.8 Å². The molecule has 2 saturated carbocycles. The maximum atomic E-state index is 13.3. The van der Waals surface area contributed by atoms with E-state index in [4.69, 9.17) is 0 Å². The summed E-state index contributed by atoms with van der Waals surface area (Å²) in [6.07, 6.45) is 6.83. The Morgan fingerprint density at radius 1 is 1.21 bits per heavy atom. The maximum absolute atomic E-state index is 13.3. The first-order valence-corrected chi connectivity index (χ1v) is 9.27. The molecule has 0 spiro atoms. The number of carbonyl (C=O) groups is 2. The molecule has 1 aromatic carbocycles. The van der Waals surface area contributed by atoms with Crippen molar-refractivity contribution in [2.75, 3.05) is 6.54 Å². The van der Waals surface area contributed by atoms with Gasteiger partial charge >= 0.3 is 0 Å². The van der Waals surface area contributed by atoms with E-state index in [1.807, 2.05) is 6.07 Å². The predicted octanol–water partition coefficient (Wildman–Crippen LogP) is 2.43. The third-order valence-electron chi connectivity index (χ3n) is 6.39. The smallest absolute Gasteiger partial charge is 0.227 e. The van der Waals surface area contributed by atoms with Crippen molar-refractivity contribution in [3.8, 4) is 0 Å². The van der Waals surface area contributed by atoms with Crippen LogP contribution in [0.1, 0.15) is 44.1 Å². The molecule has 2 N–H and O–H groups in total. The number of hydrogen-bond acceptors (Lipinski definition) is 2. The van der Waals surface area contributed by atoms with Gasteiger partial charge in [-0.3, -0.25) is 9.59 Å². The van der Waals surface area contributed by atoms with Gasteiger partial charge in [-0.05, 0) is 49.5 Å². The molecule has 1 aromatic rings. The third kappa shape index (κ3) is 2.83. The largest absolute Gasteiger partial charge is 0.354 e. The molecule has 128 valence electrons. The Balaban J connectivity index is 1.52. The summed E-state index contributed by atoms with van der Waals surface area (Å²) in [6.45, 7) is 0.570. The summed E-state index contributed by atoms with van der Waals surface area (Å²) in [4.78, 5) is 24.6. The van der Waals surface area contributed by atoms with Crippen LogP contribution in [0, 0.1) is 17.3 Å². The van der Waals surface area contributed by atoms with E-state index in [1.54, 1.807) is 0 Å². The number of hydrogen-bond donors (Lipinski definition) is 2. The van der Waals surface area contributed by atoms with Gasteiger partial charge in [0, 0.05) is 19.0 Å². The van der Waals surface area contributed by atoms with Crippen molar-refractivity contribution in [3.05, 3.63) is 35.9 Å². The number of piperidine rings is 1. The van der Waals surface area contributed by atoms with E-state index in [0.29, 0.717) is 18.9 Å². The number of amides is 2. The Bertz CT molecular complexity index is 620. The van der Waals surface area contributed by atoms with Crippen LogP contribution >= 0.6 is 0 Å². The van der Waals surface area contributed by atoms with Gasteiger partial charge in [0.15, 0.2) is 0 Å². The zero-order valence-corrected chi connectivity index (χ0v) is 14.1. The number of fused-ring (bicyclic) bond motifs is 2. The van der Waals surface area contributed by atoms with Crippen LogP contribution in [0.4, 0.5) is 0 Å². The monoisotopic (exact) mass is 326 g/mol. The number of nitrogens with one attached hydrogen (secondary N) is 2. The lowest BCUT2D eigenvalue weighted by Gasteiger charge is -2.38. The Hall–Kier alpha value is -1.84. The number of rotatable bonds is 4. The molecule has 1 aliphatic heterocycles. The normalized spacial score (nSPS) is 34.8. The van der Waals surface area contributed by atoms with Gasteiger partial charge in [-0.15, -0.1) is 0 Å². The highest BCUT2D eigenvalue weighted by molar-refractivity contribution is 5.85. The lowest BCUT2D eigenvalue weighted by molar-refractivity contribution is -0.136. The summed E-state index contributed by atoms with van der Waals surface area (Å²) in [6, 6.07) is 10.5. The van der Waals surface area contributed by atoms with Gasteiger partial charge in [-0.25, -0.2) is 0 Å². The van der Waals surface area contributed by atoms with Crippen LogP contribution in [0.3, 0.4) is 0 Å². The van der Waals surface area contributed by atoms with Gasteiger partial charge in [0.1, 0.15) is 0 Å². The summed E-state index contributed by atoms with van der Waals surface area (Å²) >= 11 is 0. The summed E-state index contributed by atoms with van der Waals surface area (Å²) < 4.78 is 0. The zero-order valence-electron chi connectivity index (χ0n) is 14.1. The Morgan fingerprint density at radius 3 is 2.67 bits per heavy atom. The van der Waals surface area contributed by atoms with Crippen LogP contribution in [0.2, 0.25) is 0 Å². The summed E-state index contributed by atoms with van der Waals surface area (Å²) in [5.74, 6) is 1.55. The molecule has 2 amide bonds. The fraction of sp³-hybridized carbons (Fsp3) is 0.600. The van der Waals surface area contributed by atoms with Gasteiger partial charge in [0.05, 0.1) is 5.41 Å². The topological polar surface area (TPSA) is 58.2 Å². The molecule has 3 fully saturated rings. The molecule has 0 radical (unpaired) electrons. The molecule has 2 aliphatic carbocycles. The van der Waals surface area contributed by atoms with Gasteiger partial charge in [-0.2, -0.15) is 0 Å². The second-order valence-electron chi connectivity index (χ2n) is 7.91. The predicted molar refractivity (Wildman–Crippen MR) is 92.2 cm³/mol. The van der Waals surface area contributed by atoms with Gasteiger partial charge in [0.25, 0.3) is 0 Å². The van der Waals surface area contributed by atoms with Crippen LogP contribution in [-0.4, -0.2) is 24.4 Å². The Kier molecular flexibility index (Phi) is 4.07. The van der Waals surface area contributed by atoms with E-state index in [2.05, 4.69) is 34.9 Å². The fourth-order valence-electron chi connectivity index (χ4n) is 5.16. The van der Waals surface area contributed by atoms with Gasteiger partial charge in [0.2, 0.25) is 11.8 Å². The molecule has 1 saturated heterocycles. The van der Waals surface area contributed by atoms with Crippen LogP contribution in [-0.2, 0) is 16.0 Å². The second kappa shape index (κ2) is 6.23.